The van der Waals surface area contributed by atoms with E-state index in [0.717, 1.165) is 6.04 Å². The molecule has 1 fully saturated rings. The number of rotatable bonds is 8. The molecule has 1 aliphatic rings. The molecule has 8 nitrogen and oxygen atoms in total. The lowest BCUT2D eigenvalue weighted by Gasteiger charge is -2.20. The van der Waals surface area contributed by atoms with Crippen molar-refractivity contribution in [2.24, 2.45) is 0 Å². The molecule has 1 atom stereocenters. The third-order valence-corrected chi connectivity index (χ3v) is 4.96. The first kappa shape index (κ1) is 19.9. The Hall–Kier alpha value is -2.16. The van der Waals surface area contributed by atoms with Gasteiger partial charge in [0.25, 0.3) is 11.8 Å². The summed E-state index contributed by atoms with van der Waals surface area (Å²) in [5.41, 5.74) is 0. The van der Waals surface area contributed by atoms with Crippen LogP contribution in [0.3, 0.4) is 0 Å². The summed E-state index contributed by atoms with van der Waals surface area (Å²) < 4.78 is 5.05. The van der Waals surface area contributed by atoms with Crippen molar-refractivity contribution < 1.29 is 28.8 Å². The Labute approximate surface area is 142 Å². The van der Waals surface area contributed by atoms with Crippen molar-refractivity contribution in [2.45, 2.75) is 51.0 Å². The molecule has 1 N–H and O–H groups in total. The monoisotopic (exact) mass is 356 g/mol. The van der Waals surface area contributed by atoms with Crippen LogP contribution in [0.25, 0.3) is 0 Å². The molecule has 0 radical (unpaired) electrons. The molecule has 9 heteroatoms. The summed E-state index contributed by atoms with van der Waals surface area (Å²) in [4.78, 5) is 51.6. The summed E-state index contributed by atoms with van der Waals surface area (Å²) in [6.07, 6.45) is 0.755. The minimum absolute atomic E-state index is 0.00437. The number of hydroxylamine groups is 2. The Morgan fingerprint density at radius 3 is 2.38 bits per heavy atom. The number of nitrogens with one attached hydrogen (secondary N) is 1. The van der Waals surface area contributed by atoms with Crippen LogP contribution in [0, 0.1) is 0 Å². The predicted molar refractivity (Wildman–Crippen MR) is 88.4 cm³/mol. The molecule has 1 heterocycles. The fraction of sp³-hybridized carbons (Fsp3) is 0.600. The topological polar surface area (TPSA) is 102 Å². The highest BCUT2D eigenvalue weighted by molar-refractivity contribution is 6.76. The van der Waals surface area contributed by atoms with Crippen LogP contribution in [0.5, 0.6) is 0 Å². The number of carbonyl (C=O) groups is 4. The van der Waals surface area contributed by atoms with Gasteiger partial charge in [-0.25, -0.2) is 9.59 Å². The van der Waals surface area contributed by atoms with Gasteiger partial charge in [-0.3, -0.25) is 9.59 Å². The van der Waals surface area contributed by atoms with Crippen molar-refractivity contribution in [3.63, 3.8) is 0 Å². The first-order valence-corrected chi connectivity index (χ1v) is 11.5. The number of imide groups is 1. The normalized spacial score (nSPS) is 15.9. The van der Waals surface area contributed by atoms with E-state index < -0.39 is 38.0 Å². The first-order valence-electron chi connectivity index (χ1n) is 7.76. The molecule has 1 aliphatic heterocycles. The summed E-state index contributed by atoms with van der Waals surface area (Å²) in [5, 5.41) is 2.81. The van der Waals surface area contributed by atoms with Gasteiger partial charge in [-0.1, -0.05) is 25.7 Å². The molecular weight excluding hydrogens is 332 g/mol. The Balaban J connectivity index is 2.54. The van der Waals surface area contributed by atoms with Gasteiger partial charge >= 0.3 is 12.1 Å². The lowest BCUT2D eigenvalue weighted by Crippen LogP contribution is -2.45. The fourth-order valence-corrected chi connectivity index (χ4v) is 2.54. The SMILES string of the molecule is C=CC[C@@H](NC(=O)OCC[Si](C)(C)C)C(=O)ON1C(=O)CCC1=O. The van der Waals surface area contributed by atoms with E-state index in [0.29, 0.717) is 5.06 Å². The summed E-state index contributed by atoms with van der Waals surface area (Å²) in [5.74, 6) is -2.08. The molecular formula is C15H24N2O6Si. The quantitative estimate of drug-likeness (QED) is 0.403. The van der Waals surface area contributed by atoms with E-state index in [1.807, 2.05) is 0 Å². The van der Waals surface area contributed by atoms with Gasteiger partial charge in [0.05, 0.1) is 6.61 Å². The summed E-state index contributed by atoms with van der Waals surface area (Å²) in [6.45, 7) is 10.2. The average molecular weight is 356 g/mol. The molecule has 0 aliphatic carbocycles. The maximum atomic E-state index is 12.1. The zero-order valence-corrected chi connectivity index (χ0v) is 15.3. The fourth-order valence-electron chi connectivity index (χ4n) is 1.83. The van der Waals surface area contributed by atoms with Crippen molar-refractivity contribution in [3.8, 4) is 0 Å². The number of ether oxygens (including phenoxy) is 1. The average Bonchev–Trinajstić information content (AvgIpc) is 2.77. The van der Waals surface area contributed by atoms with Gasteiger partial charge in [0.15, 0.2) is 0 Å². The number of amides is 3. The molecule has 0 aromatic carbocycles. The van der Waals surface area contributed by atoms with Crippen molar-refractivity contribution >= 4 is 32.0 Å². The van der Waals surface area contributed by atoms with E-state index in [4.69, 9.17) is 9.57 Å². The second kappa shape index (κ2) is 8.62. The summed E-state index contributed by atoms with van der Waals surface area (Å²) in [6, 6.07) is -0.281. The number of alkyl carbamates (subject to hydrolysis) is 1. The van der Waals surface area contributed by atoms with Gasteiger partial charge in [0.1, 0.15) is 6.04 Å². The van der Waals surface area contributed by atoms with Crippen LogP contribution in [0.1, 0.15) is 19.3 Å². The van der Waals surface area contributed by atoms with Gasteiger partial charge in [-0.05, 0) is 12.5 Å². The van der Waals surface area contributed by atoms with Crippen LogP contribution in [-0.4, -0.2) is 49.7 Å². The van der Waals surface area contributed by atoms with Crippen LogP contribution in [0.15, 0.2) is 12.7 Å². The van der Waals surface area contributed by atoms with Crippen molar-refractivity contribution in [1.29, 1.82) is 0 Å². The molecule has 0 spiro atoms. The zero-order chi connectivity index (χ0) is 18.3. The van der Waals surface area contributed by atoms with Crippen LogP contribution in [0.4, 0.5) is 4.79 Å². The predicted octanol–water partition coefficient (Wildman–Crippen LogP) is 1.60. The van der Waals surface area contributed by atoms with Crippen LogP contribution in [-0.2, 0) is 24.0 Å². The maximum Gasteiger partial charge on any atom is 0.407 e. The lowest BCUT2D eigenvalue weighted by molar-refractivity contribution is -0.198. The second-order valence-corrected chi connectivity index (χ2v) is 12.3. The van der Waals surface area contributed by atoms with Gasteiger partial charge < -0.3 is 14.9 Å². The first-order chi connectivity index (χ1) is 11.1. The maximum absolute atomic E-state index is 12.1. The Morgan fingerprint density at radius 2 is 1.88 bits per heavy atom. The molecule has 1 rings (SSSR count). The third kappa shape index (κ3) is 6.53. The smallest absolute Gasteiger partial charge is 0.407 e. The number of carbonyl (C=O) groups excluding carboxylic acids is 4. The summed E-state index contributed by atoms with van der Waals surface area (Å²) >= 11 is 0. The minimum atomic E-state index is -1.34. The van der Waals surface area contributed by atoms with Gasteiger partial charge in [0.2, 0.25) is 0 Å². The highest BCUT2D eigenvalue weighted by Crippen LogP contribution is 2.13. The van der Waals surface area contributed by atoms with E-state index in [2.05, 4.69) is 31.5 Å². The van der Waals surface area contributed by atoms with Crippen molar-refractivity contribution in [3.05, 3.63) is 12.7 Å². The molecule has 0 bridgehead atoms. The molecule has 3 amide bonds. The number of nitrogens with zero attached hydrogens (tertiary/aromatic N) is 1. The number of hydrogen-bond donors (Lipinski definition) is 1. The second-order valence-electron chi connectivity index (χ2n) is 6.66. The molecule has 1 saturated heterocycles. The van der Waals surface area contributed by atoms with E-state index in [1.165, 1.54) is 6.08 Å². The molecule has 0 unspecified atom stereocenters. The highest BCUT2D eigenvalue weighted by atomic mass is 28.3. The third-order valence-electron chi connectivity index (χ3n) is 3.25. The van der Waals surface area contributed by atoms with E-state index in [9.17, 15) is 19.2 Å². The summed E-state index contributed by atoms with van der Waals surface area (Å²) in [7, 11) is -1.34. The van der Waals surface area contributed by atoms with E-state index >= 15 is 0 Å². The number of hydrogen-bond acceptors (Lipinski definition) is 6. The largest absolute Gasteiger partial charge is 0.450 e. The van der Waals surface area contributed by atoms with Crippen LogP contribution in [0.2, 0.25) is 25.7 Å². The van der Waals surface area contributed by atoms with Gasteiger partial charge in [-0.15, -0.1) is 11.6 Å². The van der Waals surface area contributed by atoms with E-state index in [-0.39, 0.29) is 25.9 Å². The Bertz CT molecular complexity index is 513. The van der Waals surface area contributed by atoms with Crippen molar-refractivity contribution in [2.75, 3.05) is 6.61 Å². The van der Waals surface area contributed by atoms with Gasteiger partial charge in [-0.2, -0.15) is 0 Å². The minimum Gasteiger partial charge on any atom is -0.450 e. The molecule has 0 saturated carbocycles. The molecule has 0 aromatic heterocycles. The van der Waals surface area contributed by atoms with Crippen LogP contribution >= 0.6 is 0 Å². The van der Waals surface area contributed by atoms with Crippen molar-refractivity contribution in [1.82, 2.24) is 10.4 Å². The van der Waals surface area contributed by atoms with Crippen LogP contribution < -0.4 is 5.32 Å². The lowest BCUT2D eigenvalue weighted by atomic mass is 10.2. The zero-order valence-electron chi connectivity index (χ0n) is 14.3. The molecule has 134 valence electrons. The highest BCUT2D eigenvalue weighted by Gasteiger charge is 2.35. The Morgan fingerprint density at radius 1 is 1.29 bits per heavy atom. The molecule has 24 heavy (non-hydrogen) atoms. The molecule has 0 aromatic rings. The standard InChI is InChI=1S/C15H24N2O6Si/c1-5-6-11(16-15(21)22-9-10-24(2,3)4)14(20)23-17-12(18)7-8-13(17)19/h5,11H,1,6-10H2,2-4H3,(H,16,21)/t11-/m1/s1. The Kier molecular flexibility index (Phi) is 7.14. The van der Waals surface area contributed by atoms with E-state index in [1.54, 1.807) is 0 Å². The van der Waals surface area contributed by atoms with Gasteiger partial charge in [0, 0.05) is 20.9 Å².